The molecule has 3 amide bonds. The van der Waals surface area contributed by atoms with Crippen molar-refractivity contribution in [1.29, 1.82) is 0 Å². The van der Waals surface area contributed by atoms with E-state index in [4.69, 9.17) is 16.3 Å². The van der Waals surface area contributed by atoms with Gasteiger partial charge in [-0.15, -0.1) is 5.10 Å². The number of alkyl halides is 4. The summed E-state index contributed by atoms with van der Waals surface area (Å²) in [6.07, 6.45) is 18.4. The Hall–Kier alpha value is -14.3. The molecule has 15 aromatic rings. The monoisotopic (exact) mass is 1940 g/mol. The van der Waals surface area contributed by atoms with Gasteiger partial charge in [-0.25, -0.2) is 112 Å². The van der Waals surface area contributed by atoms with E-state index in [0.717, 1.165) is 125 Å². The first-order valence-electron chi connectivity index (χ1n) is 43.9. The van der Waals surface area contributed by atoms with Crippen LogP contribution in [0.5, 0.6) is 5.88 Å². The van der Waals surface area contributed by atoms with Crippen LogP contribution < -0.4 is 38.7 Å². The number of ether oxygens (including phenoxy) is 2. The summed E-state index contributed by atoms with van der Waals surface area (Å²) >= 11 is 6.02. The number of hydrogen-bond donors (Lipinski definition) is 3. The SMILES string of the molecule is CC(=O)N1CCN(c2cc(-c3cnc4ccc(C(F)F)nn34)ncn2)CC1.CC(=O)N1CCN(c2cc(-c3cnc4ccc(CO)nn34)ccn2)CC1.CC(=O)N1CCN(c2cc(-c3cnc4ccc(OC(F)F)nn34)ccn2)CC1.CS(=O)(=O)NCC1CN(c2cc(-c3cnc4ccc(Cl)nn34)ccn2)CCO1.Cc1ccc2ncc(-c3ccnc(N4CCCC(CNS(C)(=O)=O)C4)c3)n2n1. The van der Waals surface area contributed by atoms with Gasteiger partial charge in [-0.3, -0.25) is 14.4 Å². The number of nitrogens with zero attached hydrogens (tertiary/aromatic N) is 29. The van der Waals surface area contributed by atoms with Crippen molar-refractivity contribution in [3.05, 3.63) is 200 Å². The van der Waals surface area contributed by atoms with E-state index in [9.17, 15) is 53.9 Å². The fourth-order valence-electron chi connectivity index (χ4n) is 16.2. The Morgan fingerprint density at radius 1 is 0.453 bits per heavy atom. The van der Waals surface area contributed by atoms with Crippen LogP contribution in [-0.4, -0.2) is 307 Å². The van der Waals surface area contributed by atoms with Crippen LogP contribution in [-0.2, 0) is 45.8 Å². The second-order valence-electron chi connectivity index (χ2n) is 32.8. The molecule has 5 aliphatic heterocycles. The molecule has 20 rings (SSSR count). The van der Waals surface area contributed by atoms with Crippen molar-refractivity contribution in [3.63, 3.8) is 0 Å². The lowest BCUT2D eigenvalue weighted by molar-refractivity contribution is -0.129. The molecule has 0 bridgehead atoms. The Morgan fingerprint density at radius 2 is 0.869 bits per heavy atom. The Balaban J connectivity index is 0.000000124. The molecular weight excluding hydrogens is 1840 g/mol. The number of piperidine rings is 1. The maximum atomic E-state index is 13.0. The van der Waals surface area contributed by atoms with E-state index in [1.54, 1.807) is 120 Å². The number of piperazine rings is 3. The van der Waals surface area contributed by atoms with Crippen molar-refractivity contribution < 1.29 is 63.4 Å². The van der Waals surface area contributed by atoms with Crippen molar-refractivity contribution in [2.45, 2.75) is 66.3 Å². The molecule has 0 radical (unpaired) electrons. The number of pyridine rings is 4. The maximum Gasteiger partial charge on any atom is 0.388 e. The number of nitrogens with one attached hydrogen (secondary N) is 2. The van der Waals surface area contributed by atoms with Gasteiger partial charge < -0.3 is 53.8 Å². The zero-order valence-corrected chi connectivity index (χ0v) is 77.8. The predicted molar refractivity (Wildman–Crippen MR) is 502 cm³/mol. The Morgan fingerprint density at radius 3 is 1.34 bits per heavy atom. The van der Waals surface area contributed by atoms with E-state index in [0.29, 0.717) is 142 Å². The van der Waals surface area contributed by atoms with E-state index < -0.39 is 33.1 Å². The number of aryl methyl sites for hydroxylation is 1. The summed E-state index contributed by atoms with van der Waals surface area (Å²) in [6.45, 7) is 15.9. The minimum atomic E-state index is -3.26. The second-order valence-corrected chi connectivity index (χ2v) is 36.8. The smallest absolute Gasteiger partial charge is 0.388 e. The molecule has 0 saturated carbocycles. The first kappa shape index (κ1) is 95.9. The molecule has 716 valence electrons. The van der Waals surface area contributed by atoms with E-state index in [1.165, 1.54) is 39.8 Å². The number of hydrogen-bond acceptors (Lipinski definition) is 31. The van der Waals surface area contributed by atoms with Crippen molar-refractivity contribution in [2.75, 3.05) is 161 Å². The van der Waals surface area contributed by atoms with Gasteiger partial charge in [0, 0.05) is 198 Å². The number of fused-ring (bicyclic) bond motifs is 5. The molecular formula is C89H98ClF4N31O10S2. The minimum absolute atomic E-state index is 0.0599. The fraction of sp³-hybridized carbons (Fsp3) is 0.360. The van der Waals surface area contributed by atoms with Crippen LogP contribution in [0.25, 0.3) is 84.7 Å². The first-order chi connectivity index (χ1) is 66.0. The van der Waals surface area contributed by atoms with Gasteiger partial charge in [-0.1, -0.05) is 11.6 Å². The standard InChI is InChI=1S/C19H24N6O2S.C18H18F2N6O2.C18H20N6O2.C17H19ClN6O3S.C17H17F2N7O/c1-14-5-6-18-21-12-17(25(18)23-14)16-7-8-20-19(10-16)24-9-3-4-15(13-24)11-22-28(2,26)27;1-12(27)24-6-8-25(9-7-24)16-10-13(4-5-21-16)14-11-22-15-2-3-17(23-26(14)15)28-18(19)20;1-13(26)22-6-8-23(9-7-22)18-10-14(4-5-19-18)16-11-20-17-3-2-15(12-25)21-24(16)17;1-28(25,26)21-9-13-11-23(6-7-27-13)17-8-12(4-5-19-17)14-10-20-16-3-2-15(18)22-24(14)16;1-11(27)24-4-6-25(7-5-24)16-8-13(21-10-22-16)14-9-20-15-3-2-12(17(18)19)23-26(14)15/h5-8,10,12,15,22H,3-4,9,11,13H2,1-2H3;2-5,10-11,18H,6-9H2,1H3;2-5,10-11,25H,6-9,12H2,1H3;2-5,8,10,13,21H,6-7,9,11H2,1H3;2-3,8-10,17H,4-7H2,1H3. The van der Waals surface area contributed by atoms with Gasteiger partial charge in [0.25, 0.3) is 6.43 Å². The highest BCUT2D eigenvalue weighted by Crippen LogP contribution is 2.33. The molecule has 20 heterocycles. The highest BCUT2D eigenvalue weighted by atomic mass is 35.5. The largest absolute Gasteiger partial charge is 0.415 e. The van der Waals surface area contributed by atoms with Crippen LogP contribution in [0.3, 0.4) is 0 Å². The number of rotatable bonds is 20. The third-order valence-electron chi connectivity index (χ3n) is 23.3. The van der Waals surface area contributed by atoms with Gasteiger partial charge in [-0.2, -0.15) is 29.2 Å². The van der Waals surface area contributed by atoms with Crippen LogP contribution in [0.2, 0.25) is 5.15 Å². The molecule has 137 heavy (non-hydrogen) atoms. The Kier molecular flexibility index (Phi) is 29.9. The van der Waals surface area contributed by atoms with Gasteiger partial charge in [0.1, 0.15) is 52.0 Å². The van der Waals surface area contributed by atoms with Gasteiger partial charge in [0.15, 0.2) is 28.2 Å². The summed E-state index contributed by atoms with van der Waals surface area (Å²) in [5, 5.41) is 31.1. The average molecular weight is 1940 g/mol. The summed E-state index contributed by atoms with van der Waals surface area (Å²) in [5.74, 6) is 4.36. The summed E-state index contributed by atoms with van der Waals surface area (Å²) in [5.41, 5.74) is 12.4. The molecule has 15 aromatic heterocycles. The average Bonchev–Trinajstić information content (AvgIpc) is 1.76. The van der Waals surface area contributed by atoms with E-state index in [2.05, 4.69) is 125 Å². The van der Waals surface area contributed by atoms with Crippen LogP contribution in [0.1, 0.15) is 57.1 Å². The number of halogens is 5. The number of aliphatic hydroxyl groups is 1. The van der Waals surface area contributed by atoms with Crippen molar-refractivity contribution in [2.24, 2.45) is 5.92 Å². The zero-order valence-electron chi connectivity index (χ0n) is 75.4. The Labute approximate surface area is 788 Å². The fourth-order valence-corrected chi connectivity index (χ4v) is 17.4. The molecule has 0 aliphatic carbocycles. The molecule has 2 atom stereocenters. The lowest BCUT2D eigenvalue weighted by Gasteiger charge is -2.35. The number of carbonyl (C=O) groups is 3. The zero-order chi connectivity index (χ0) is 96.2. The highest BCUT2D eigenvalue weighted by molar-refractivity contribution is 7.89. The first-order valence-corrected chi connectivity index (χ1v) is 48.0. The lowest BCUT2D eigenvalue weighted by Crippen LogP contribution is -2.48. The van der Waals surface area contributed by atoms with Crippen molar-refractivity contribution in [1.82, 2.24) is 127 Å². The molecule has 5 saturated heterocycles. The van der Waals surface area contributed by atoms with Gasteiger partial charge >= 0.3 is 6.61 Å². The van der Waals surface area contributed by atoms with Gasteiger partial charge in [-0.05, 0) is 129 Å². The van der Waals surface area contributed by atoms with E-state index in [1.807, 2.05) is 83.2 Å². The minimum Gasteiger partial charge on any atom is -0.415 e. The third-order valence-corrected chi connectivity index (χ3v) is 24.9. The number of anilines is 5. The van der Waals surface area contributed by atoms with Crippen LogP contribution in [0, 0.1) is 12.8 Å². The van der Waals surface area contributed by atoms with Crippen molar-refractivity contribution in [3.8, 4) is 62.3 Å². The summed E-state index contributed by atoms with van der Waals surface area (Å²) in [7, 11) is -6.42. The van der Waals surface area contributed by atoms with Crippen LogP contribution >= 0.6 is 11.6 Å². The van der Waals surface area contributed by atoms with Crippen LogP contribution in [0.15, 0.2) is 177 Å². The molecule has 3 N–H and O–H groups in total. The van der Waals surface area contributed by atoms with Gasteiger partial charge in [0.05, 0.1) is 103 Å². The Bertz CT molecular complexity index is 6880. The predicted octanol–water partition coefficient (Wildman–Crippen LogP) is 7.87. The molecule has 0 spiro atoms. The molecule has 5 aliphatic rings. The summed E-state index contributed by atoms with van der Waals surface area (Å²) in [6, 6.07) is 34.0. The number of morpholine rings is 1. The van der Waals surface area contributed by atoms with Crippen molar-refractivity contribution >= 4 is 107 Å². The third kappa shape index (κ3) is 24.0. The summed E-state index contributed by atoms with van der Waals surface area (Å²) < 4.78 is 120. The molecule has 41 nitrogen and oxygen atoms in total. The number of aliphatic hydroxyl groups excluding tert-OH is 1. The summed E-state index contributed by atoms with van der Waals surface area (Å²) in [4.78, 5) is 98.7. The topological polar surface area (TPSA) is 436 Å². The number of aromatic nitrogens is 21. The number of amides is 3. The molecule has 0 aromatic carbocycles. The number of carbonyl (C=O) groups excluding carboxylic acids is 3. The molecule has 2 unspecified atom stereocenters. The van der Waals surface area contributed by atoms with Gasteiger partial charge in [0.2, 0.25) is 43.6 Å². The van der Waals surface area contributed by atoms with E-state index in [-0.39, 0.29) is 54.5 Å². The van der Waals surface area contributed by atoms with E-state index >= 15 is 0 Å². The maximum absolute atomic E-state index is 13.0. The quantitative estimate of drug-likeness (QED) is 0.0611. The molecule has 5 fully saturated rings. The lowest BCUT2D eigenvalue weighted by atomic mass is 9.98. The van der Waals surface area contributed by atoms with Crippen LogP contribution in [0.4, 0.5) is 46.7 Å². The normalized spacial score (nSPS) is 16.1. The number of imidazole rings is 5. The molecule has 48 heteroatoms. The number of sulfonamides is 2. The second kappa shape index (κ2) is 42.8. The highest BCUT2D eigenvalue weighted by Gasteiger charge is 2.29.